The van der Waals surface area contributed by atoms with Gasteiger partial charge in [-0.1, -0.05) is 50.2 Å². The molecule has 0 aliphatic heterocycles. The van der Waals surface area contributed by atoms with E-state index < -0.39 is 17.9 Å². The second-order valence-electron chi connectivity index (χ2n) is 6.89. The van der Waals surface area contributed by atoms with Gasteiger partial charge in [-0.25, -0.2) is 4.79 Å². The van der Waals surface area contributed by atoms with Gasteiger partial charge in [-0.05, 0) is 24.6 Å². The van der Waals surface area contributed by atoms with E-state index in [-0.39, 0.29) is 12.3 Å². The largest absolute Gasteiger partial charge is 0.495 e. The Hall–Kier alpha value is -3.15. The molecule has 2 aromatic carbocycles. The lowest BCUT2D eigenvalue weighted by molar-refractivity contribution is -0.130. The lowest BCUT2D eigenvalue weighted by Gasteiger charge is -2.28. The van der Waals surface area contributed by atoms with Crippen molar-refractivity contribution in [1.82, 2.24) is 4.90 Å². The second kappa shape index (κ2) is 9.17. The van der Waals surface area contributed by atoms with Crippen LogP contribution < -0.4 is 9.64 Å². The number of carbonyl (C=O) groups is 3. The van der Waals surface area contributed by atoms with Crippen molar-refractivity contribution in [2.45, 2.75) is 20.8 Å². The van der Waals surface area contributed by atoms with Gasteiger partial charge in [0.15, 0.2) is 5.78 Å². The molecule has 0 saturated heterocycles. The van der Waals surface area contributed by atoms with Crippen LogP contribution in [0.5, 0.6) is 5.75 Å². The van der Waals surface area contributed by atoms with Gasteiger partial charge in [-0.15, -0.1) is 0 Å². The van der Waals surface area contributed by atoms with Crippen LogP contribution in [0, 0.1) is 12.8 Å². The van der Waals surface area contributed by atoms with Gasteiger partial charge in [-0.2, -0.15) is 0 Å². The number of nitrogens with zero attached hydrogens (tertiary/aromatic N) is 2. The number of aryl methyl sites for hydroxylation is 1. The Morgan fingerprint density at radius 2 is 1.68 bits per heavy atom. The van der Waals surface area contributed by atoms with Gasteiger partial charge < -0.3 is 4.74 Å². The molecule has 0 bridgehead atoms. The Balaban J connectivity index is 2.35. The fourth-order valence-electron chi connectivity index (χ4n) is 2.76. The lowest BCUT2D eigenvalue weighted by Crippen LogP contribution is -2.48. The summed E-state index contributed by atoms with van der Waals surface area (Å²) in [6.45, 7) is 4.97. The Morgan fingerprint density at radius 1 is 1.04 bits per heavy atom. The summed E-state index contributed by atoms with van der Waals surface area (Å²) in [7, 11) is 3.08. The number of rotatable bonds is 6. The van der Waals surface area contributed by atoms with Crippen molar-refractivity contribution in [2.75, 3.05) is 25.6 Å². The molecule has 0 heterocycles. The van der Waals surface area contributed by atoms with E-state index >= 15 is 0 Å². The average Bonchev–Trinajstić information content (AvgIpc) is 2.70. The predicted molar refractivity (Wildman–Crippen MR) is 109 cm³/mol. The number of anilines is 1. The minimum atomic E-state index is -0.577. The van der Waals surface area contributed by atoms with Crippen molar-refractivity contribution in [3.8, 4) is 5.75 Å². The fraction of sp³-hybridized carbons (Fsp3) is 0.318. The van der Waals surface area contributed by atoms with E-state index in [0.717, 1.165) is 10.5 Å². The summed E-state index contributed by atoms with van der Waals surface area (Å²) in [5.74, 6) is -0.631. The predicted octanol–water partition coefficient (Wildman–Crippen LogP) is 3.93. The van der Waals surface area contributed by atoms with Crippen LogP contribution in [-0.2, 0) is 4.79 Å². The first kappa shape index (κ1) is 21.2. The van der Waals surface area contributed by atoms with Gasteiger partial charge in [0.05, 0.1) is 19.3 Å². The number of methoxy groups -OCH3 is 1. The van der Waals surface area contributed by atoms with E-state index in [1.54, 1.807) is 63.4 Å². The first-order valence-corrected chi connectivity index (χ1v) is 9.08. The number of amides is 3. The van der Waals surface area contributed by atoms with E-state index in [0.29, 0.717) is 17.0 Å². The van der Waals surface area contributed by atoms with Crippen molar-refractivity contribution in [3.63, 3.8) is 0 Å². The Labute approximate surface area is 165 Å². The number of ether oxygens (including phenoxy) is 1. The van der Waals surface area contributed by atoms with E-state index in [1.165, 1.54) is 12.0 Å². The molecular formula is C22H26N2O4. The molecule has 148 valence electrons. The molecule has 0 spiro atoms. The third-order valence-corrected chi connectivity index (χ3v) is 4.37. The van der Waals surface area contributed by atoms with E-state index in [4.69, 9.17) is 4.74 Å². The maximum atomic E-state index is 13.2. The Morgan fingerprint density at radius 3 is 2.25 bits per heavy atom. The van der Waals surface area contributed by atoms with Crippen molar-refractivity contribution in [3.05, 3.63) is 59.7 Å². The number of ketones is 1. The van der Waals surface area contributed by atoms with Crippen LogP contribution in [0.1, 0.15) is 29.8 Å². The molecule has 0 N–H and O–H groups in total. The normalized spacial score (nSPS) is 10.5. The number of carbonyl (C=O) groups excluding carboxylic acids is 3. The van der Waals surface area contributed by atoms with Crippen molar-refractivity contribution in [1.29, 1.82) is 0 Å². The van der Waals surface area contributed by atoms with Crippen LogP contribution in [0.4, 0.5) is 10.5 Å². The number of hydrogen-bond donors (Lipinski definition) is 0. The minimum Gasteiger partial charge on any atom is -0.495 e. The molecule has 0 saturated carbocycles. The minimum absolute atomic E-state index is 0.299. The highest BCUT2D eigenvalue weighted by atomic mass is 16.5. The van der Waals surface area contributed by atoms with Crippen LogP contribution in [0.3, 0.4) is 0 Å². The molecule has 0 aromatic heterocycles. The fourth-order valence-corrected chi connectivity index (χ4v) is 2.76. The summed E-state index contributed by atoms with van der Waals surface area (Å²) in [5.41, 5.74) is 1.92. The molecule has 2 rings (SSSR count). The summed E-state index contributed by atoms with van der Waals surface area (Å²) < 4.78 is 5.35. The highest BCUT2D eigenvalue weighted by Gasteiger charge is 2.30. The number of Topliss-reactive ketones (excluding diaryl/α,β-unsaturated/α-hetero) is 1. The van der Waals surface area contributed by atoms with Crippen LogP contribution in [0.25, 0.3) is 0 Å². The SMILES string of the molecule is COc1ccc(C)cc1N(C)C(=O)N(CC(=O)c1ccccc1)C(=O)C(C)C. The molecule has 0 atom stereocenters. The molecule has 3 amide bonds. The van der Waals surface area contributed by atoms with Gasteiger partial charge >= 0.3 is 6.03 Å². The first-order valence-electron chi connectivity index (χ1n) is 9.08. The summed E-state index contributed by atoms with van der Waals surface area (Å²) in [5, 5.41) is 0. The summed E-state index contributed by atoms with van der Waals surface area (Å²) in [4.78, 5) is 40.8. The zero-order valence-electron chi connectivity index (χ0n) is 16.9. The topological polar surface area (TPSA) is 66.9 Å². The molecule has 6 nitrogen and oxygen atoms in total. The summed E-state index contributed by atoms with van der Waals surface area (Å²) >= 11 is 0. The highest BCUT2D eigenvalue weighted by molar-refractivity contribution is 6.08. The third kappa shape index (κ3) is 4.76. The number of urea groups is 1. The maximum Gasteiger partial charge on any atom is 0.331 e. The van der Waals surface area contributed by atoms with Crippen LogP contribution >= 0.6 is 0 Å². The van der Waals surface area contributed by atoms with Crippen molar-refractivity contribution < 1.29 is 19.1 Å². The zero-order valence-corrected chi connectivity index (χ0v) is 16.9. The van der Waals surface area contributed by atoms with Crippen LogP contribution in [0.2, 0.25) is 0 Å². The highest BCUT2D eigenvalue weighted by Crippen LogP contribution is 2.29. The van der Waals surface area contributed by atoms with Gasteiger partial charge in [0, 0.05) is 18.5 Å². The smallest absolute Gasteiger partial charge is 0.331 e. The molecule has 6 heteroatoms. The number of benzene rings is 2. The Kier molecular flexibility index (Phi) is 6.93. The first-order chi connectivity index (χ1) is 13.3. The number of hydrogen-bond acceptors (Lipinski definition) is 4. The Bertz CT molecular complexity index is 862. The number of imide groups is 1. The summed E-state index contributed by atoms with van der Waals surface area (Å²) in [6.07, 6.45) is 0. The molecule has 0 aliphatic carbocycles. The van der Waals surface area contributed by atoms with Gasteiger partial charge in [0.25, 0.3) is 0 Å². The lowest BCUT2D eigenvalue weighted by atomic mass is 10.1. The monoisotopic (exact) mass is 382 g/mol. The molecule has 28 heavy (non-hydrogen) atoms. The van der Waals surface area contributed by atoms with Crippen LogP contribution in [-0.4, -0.2) is 43.3 Å². The molecular weight excluding hydrogens is 356 g/mol. The zero-order chi connectivity index (χ0) is 20.8. The molecule has 0 aliphatic rings. The van der Waals surface area contributed by atoms with Crippen molar-refractivity contribution in [2.24, 2.45) is 5.92 Å². The molecule has 0 radical (unpaired) electrons. The molecule has 2 aromatic rings. The van der Waals surface area contributed by atoms with Gasteiger partial charge in [0.1, 0.15) is 5.75 Å². The van der Waals surface area contributed by atoms with Crippen molar-refractivity contribution >= 4 is 23.4 Å². The van der Waals surface area contributed by atoms with Crippen LogP contribution in [0.15, 0.2) is 48.5 Å². The van der Waals surface area contributed by atoms with Gasteiger partial charge in [0.2, 0.25) is 5.91 Å². The standard InChI is InChI=1S/C22H26N2O4/c1-15(2)21(26)24(14-19(25)17-9-7-6-8-10-17)22(27)23(4)18-13-16(3)11-12-20(18)28-5/h6-13,15H,14H2,1-5H3. The summed E-state index contributed by atoms with van der Waals surface area (Å²) in [6, 6.07) is 13.5. The molecule has 0 fully saturated rings. The van der Waals surface area contributed by atoms with Gasteiger partial charge in [-0.3, -0.25) is 19.4 Å². The van der Waals surface area contributed by atoms with E-state index in [1.807, 2.05) is 13.0 Å². The van der Waals surface area contributed by atoms with E-state index in [9.17, 15) is 14.4 Å². The quantitative estimate of drug-likeness (QED) is 0.710. The third-order valence-electron chi connectivity index (χ3n) is 4.37. The molecule has 0 unspecified atom stereocenters. The second-order valence-corrected chi connectivity index (χ2v) is 6.89. The maximum absolute atomic E-state index is 13.2. The van der Waals surface area contributed by atoms with E-state index in [2.05, 4.69) is 0 Å². The average molecular weight is 382 g/mol.